The van der Waals surface area contributed by atoms with Crippen molar-refractivity contribution in [1.29, 1.82) is 0 Å². The van der Waals surface area contributed by atoms with Crippen LogP contribution in [0.3, 0.4) is 0 Å². The predicted molar refractivity (Wildman–Crippen MR) is 74.8 cm³/mol. The number of carbonyl (C=O) groups excluding carboxylic acids is 2. The predicted octanol–water partition coefficient (Wildman–Crippen LogP) is 2.24. The second kappa shape index (κ2) is 5.23. The minimum Gasteiger partial charge on any atom is -0.340 e. The third-order valence-corrected chi connectivity index (χ3v) is 4.08. The smallest absolute Gasteiger partial charge is 0.253 e. The molecule has 2 rings (SSSR count). The Bertz CT molecular complexity index is 540. The first-order valence-electron chi connectivity index (χ1n) is 6.87. The van der Waals surface area contributed by atoms with Crippen LogP contribution in [0, 0.1) is 5.82 Å². The van der Waals surface area contributed by atoms with Crippen molar-refractivity contribution in [3.8, 4) is 0 Å². The van der Waals surface area contributed by atoms with Crippen LogP contribution in [0.2, 0.25) is 0 Å². The summed E-state index contributed by atoms with van der Waals surface area (Å²) in [4.78, 5) is 26.2. The Morgan fingerprint density at radius 1 is 1.25 bits per heavy atom. The van der Waals surface area contributed by atoms with Crippen molar-refractivity contribution in [3.63, 3.8) is 0 Å². The van der Waals surface area contributed by atoms with Gasteiger partial charge in [-0.05, 0) is 31.9 Å². The second-order valence-corrected chi connectivity index (χ2v) is 5.08. The zero-order valence-electron chi connectivity index (χ0n) is 11.9. The maximum Gasteiger partial charge on any atom is 0.253 e. The minimum absolute atomic E-state index is 0.158. The number of para-hydroxylation sites is 1. The number of carbonyl (C=O) groups is 2. The van der Waals surface area contributed by atoms with Gasteiger partial charge in [-0.1, -0.05) is 26.0 Å². The average Bonchev–Trinajstić information content (AvgIpc) is 2.45. The first kappa shape index (κ1) is 14.5. The van der Waals surface area contributed by atoms with E-state index in [1.165, 1.54) is 17.0 Å². The van der Waals surface area contributed by atoms with Crippen molar-refractivity contribution in [3.05, 3.63) is 30.1 Å². The molecule has 0 radical (unpaired) electrons. The van der Waals surface area contributed by atoms with Crippen LogP contribution >= 0.6 is 0 Å². The molecule has 1 aliphatic rings. The van der Waals surface area contributed by atoms with Crippen LogP contribution in [0.4, 0.5) is 10.1 Å². The molecule has 108 valence electrons. The highest BCUT2D eigenvalue weighted by Gasteiger charge is 2.48. The molecule has 5 heteroatoms. The summed E-state index contributed by atoms with van der Waals surface area (Å²) in [6.45, 7) is 5.29. The maximum absolute atomic E-state index is 14.0. The van der Waals surface area contributed by atoms with Gasteiger partial charge in [0, 0.05) is 0 Å². The van der Waals surface area contributed by atoms with E-state index in [1.807, 2.05) is 13.8 Å². The van der Waals surface area contributed by atoms with E-state index in [9.17, 15) is 14.0 Å². The quantitative estimate of drug-likeness (QED) is 0.921. The fourth-order valence-corrected chi connectivity index (χ4v) is 2.61. The molecule has 0 bridgehead atoms. The Morgan fingerprint density at radius 3 is 2.40 bits per heavy atom. The summed E-state index contributed by atoms with van der Waals surface area (Å²) in [5, 5.41) is 2.80. The fourth-order valence-electron chi connectivity index (χ4n) is 2.61. The van der Waals surface area contributed by atoms with E-state index >= 15 is 0 Å². The molecule has 0 saturated carbocycles. The van der Waals surface area contributed by atoms with Crippen molar-refractivity contribution in [2.24, 2.45) is 0 Å². The summed E-state index contributed by atoms with van der Waals surface area (Å²) in [5.41, 5.74) is -0.780. The summed E-state index contributed by atoms with van der Waals surface area (Å²) < 4.78 is 14.0. The fraction of sp³-hybridized carbons (Fsp3) is 0.467. The molecule has 1 saturated heterocycles. The van der Waals surface area contributed by atoms with Gasteiger partial charge >= 0.3 is 0 Å². The molecular formula is C15H19FN2O2. The Balaban J connectivity index is 2.52. The lowest BCUT2D eigenvalue weighted by molar-refractivity contribution is -0.138. The van der Waals surface area contributed by atoms with Gasteiger partial charge in [0.25, 0.3) is 5.91 Å². The molecular weight excluding hydrogens is 259 g/mol. The van der Waals surface area contributed by atoms with Crippen molar-refractivity contribution in [2.45, 2.75) is 45.2 Å². The summed E-state index contributed by atoms with van der Waals surface area (Å²) in [5.74, 6) is -1.00. The van der Waals surface area contributed by atoms with Gasteiger partial charge in [-0.2, -0.15) is 0 Å². The number of nitrogens with zero attached hydrogens (tertiary/aromatic N) is 1. The molecule has 0 spiro atoms. The number of piperazine rings is 1. The molecule has 2 amide bonds. The topological polar surface area (TPSA) is 49.4 Å². The molecule has 0 aliphatic carbocycles. The summed E-state index contributed by atoms with van der Waals surface area (Å²) >= 11 is 0. The zero-order chi connectivity index (χ0) is 14.9. The highest BCUT2D eigenvalue weighted by molar-refractivity contribution is 6.10. The highest BCUT2D eigenvalue weighted by Crippen LogP contribution is 2.30. The summed E-state index contributed by atoms with van der Waals surface area (Å²) in [6.07, 6.45) is 0.956. The van der Waals surface area contributed by atoms with Crippen LogP contribution in [0.15, 0.2) is 24.3 Å². The Hall–Kier alpha value is -1.91. The van der Waals surface area contributed by atoms with Gasteiger partial charge in [0.05, 0.1) is 5.69 Å². The first-order chi connectivity index (χ1) is 9.46. The third kappa shape index (κ3) is 2.07. The molecule has 1 atom stereocenters. The van der Waals surface area contributed by atoms with E-state index in [4.69, 9.17) is 0 Å². The van der Waals surface area contributed by atoms with Gasteiger partial charge in [-0.25, -0.2) is 4.39 Å². The number of hydrogen-bond donors (Lipinski definition) is 1. The van der Waals surface area contributed by atoms with Gasteiger partial charge in [0.15, 0.2) is 0 Å². The number of anilines is 1. The average molecular weight is 278 g/mol. The van der Waals surface area contributed by atoms with E-state index in [2.05, 4.69) is 5.32 Å². The van der Waals surface area contributed by atoms with Crippen molar-refractivity contribution >= 4 is 17.5 Å². The number of nitrogens with one attached hydrogen (secondary N) is 1. The van der Waals surface area contributed by atoms with Gasteiger partial charge in [-0.3, -0.25) is 14.5 Å². The molecule has 1 aliphatic heterocycles. The Morgan fingerprint density at radius 2 is 1.85 bits per heavy atom. The van der Waals surface area contributed by atoms with Crippen LogP contribution in [0.25, 0.3) is 0 Å². The standard InChI is InChI=1S/C15H19FN2O2/c1-4-15(5-2)14(20)18(10(3)13(19)17-15)12-9-7-6-8-11(12)16/h6-10H,4-5H2,1-3H3,(H,17,19). The lowest BCUT2D eigenvalue weighted by atomic mass is 9.87. The third-order valence-electron chi connectivity index (χ3n) is 4.08. The van der Waals surface area contributed by atoms with Gasteiger partial charge in [-0.15, -0.1) is 0 Å². The normalized spacial score (nSPS) is 21.8. The first-order valence-corrected chi connectivity index (χ1v) is 6.87. The highest BCUT2D eigenvalue weighted by atomic mass is 19.1. The number of benzene rings is 1. The van der Waals surface area contributed by atoms with Crippen molar-refractivity contribution in [2.75, 3.05) is 4.90 Å². The summed E-state index contributed by atoms with van der Waals surface area (Å²) in [7, 11) is 0. The van der Waals surface area contributed by atoms with Crippen LogP contribution in [-0.2, 0) is 9.59 Å². The van der Waals surface area contributed by atoms with Crippen LogP contribution in [0.5, 0.6) is 0 Å². The van der Waals surface area contributed by atoms with Crippen LogP contribution in [-0.4, -0.2) is 23.4 Å². The molecule has 1 unspecified atom stereocenters. The molecule has 0 aromatic heterocycles. The lowest BCUT2D eigenvalue weighted by Gasteiger charge is -2.44. The molecule has 1 heterocycles. The van der Waals surface area contributed by atoms with E-state index in [-0.39, 0.29) is 17.5 Å². The monoisotopic (exact) mass is 278 g/mol. The van der Waals surface area contributed by atoms with Crippen LogP contribution < -0.4 is 10.2 Å². The number of hydrogen-bond acceptors (Lipinski definition) is 2. The van der Waals surface area contributed by atoms with E-state index in [1.54, 1.807) is 19.1 Å². The van der Waals surface area contributed by atoms with E-state index in [0.29, 0.717) is 12.8 Å². The molecule has 1 N–H and O–H groups in total. The Kier molecular flexibility index (Phi) is 3.79. The van der Waals surface area contributed by atoms with Crippen LogP contribution in [0.1, 0.15) is 33.6 Å². The Labute approximate surface area is 118 Å². The van der Waals surface area contributed by atoms with Crippen molar-refractivity contribution < 1.29 is 14.0 Å². The number of halogens is 1. The number of rotatable bonds is 3. The molecule has 20 heavy (non-hydrogen) atoms. The SMILES string of the molecule is CCC1(CC)NC(=O)C(C)N(c2ccccc2F)C1=O. The largest absolute Gasteiger partial charge is 0.340 e. The molecule has 1 fully saturated rings. The molecule has 1 aromatic carbocycles. The lowest BCUT2D eigenvalue weighted by Crippen LogP contribution is -2.69. The van der Waals surface area contributed by atoms with Gasteiger partial charge in [0.2, 0.25) is 5.91 Å². The van der Waals surface area contributed by atoms with Crippen molar-refractivity contribution in [1.82, 2.24) is 5.32 Å². The zero-order valence-corrected chi connectivity index (χ0v) is 11.9. The number of amides is 2. The van der Waals surface area contributed by atoms with Gasteiger partial charge < -0.3 is 5.32 Å². The second-order valence-electron chi connectivity index (χ2n) is 5.08. The van der Waals surface area contributed by atoms with E-state index in [0.717, 1.165) is 0 Å². The minimum atomic E-state index is -0.939. The molecule has 1 aromatic rings. The van der Waals surface area contributed by atoms with E-state index < -0.39 is 17.4 Å². The summed E-state index contributed by atoms with van der Waals surface area (Å²) in [6, 6.07) is 5.32. The molecule has 4 nitrogen and oxygen atoms in total. The maximum atomic E-state index is 14.0. The van der Waals surface area contributed by atoms with Gasteiger partial charge in [0.1, 0.15) is 17.4 Å².